The first-order valence-electron chi connectivity index (χ1n) is 5.10. The van der Waals surface area contributed by atoms with Crippen molar-refractivity contribution in [2.24, 2.45) is 5.92 Å². The number of hydrogen-bond donors (Lipinski definition) is 1. The molecule has 13 heavy (non-hydrogen) atoms. The molecule has 1 fully saturated rings. The minimum atomic E-state index is 0.884. The zero-order chi connectivity index (χ0) is 9.10. The summed E-state index contributed by atoms with van der Waals surface area (Å²) in [5.74, 6) is 2.01. The maximum Gasteiger partial charge on any atom is 0.120 e. The van der Waals surface area contributed by atoms with Gasteiger partial charge < -0.3 is 9.73 Å². The Balaban J connectivity index is 1.70. The molecule has 2 rings (SSSR count). The van der Waals surface area contributed by atoms with Gasteiger partial charge in [-0.15, -0.1) is 0 Å². The van der Waals surface area contributed by atoms with E-state index in [1.807, 2.05) is 6.07 Å². The molecule has 0 amide bonds. The van der Waals surface area contributed by atoms with Crippen LogP contribution in [-0.2, 0) is 6.54 Å². The van der Waals surface area contributed by atoms with Crippen molar-refractivity contribution in [2.75, 3.05) is 6.54 Å². The summed E-state index contributed by atoms with van der Waals surface area (Å²) in [7, 11) is 0. The Hall–Kier alpha value is -0.760. The second kappa shape index (κ2) is 3.97. The van der Waals surface area contributed by atoms with E-state index in [0.717, 1.165) is 24.8 Å². The van der Waals surface area contributed by atoms with E-state index in [2.05, 4.69) is 12.2 Å². The van der Waals surface area contributed by atoms with E-state index in [4.69, 9.17) is 4.42 Å². The van der Waals surface area contributed by atoms with Crippen molar-refractivity contribution in [1.29, 1.82) is 0 Å². The van der Waals surface area contributed by atoms with Crippen molar-refractivity contribution < 1.29 is 4.42 Å². The molecule has 0 spiro atoms. The van der Waals surface area contributed by atoms with Crippen molar-refractivity contribution in [1.82, 2.24) is 5.32 Å². The van der Waals surface area contributed by atoms with Crippen LogP contribution >= 0.6 is 0 Å². The maximum atomic E-state index is 5.34. The van der Waals surface area contributed by atoms with E-state index < -0.39 is 0 Å². The summed E-state index contributed by atoms with van der Waals surface area (Å²) in [5.41, 5.74) is 1.25. The van der Waals surface area contributed by atoms with Crippen molar-refractivity contribution in [3.8, 4) is 0 Å². The molecule has 1 aliphatic rings. The number of aryl methyl sites for hydroxylation is 1. The van der Waals surface area contributed by atoms with Crippen LogP contribution in [-0.4, -0.2) is 6.54 Å². The lowest BCUT2D eigenvalue weighted by atomic mass is 9.85. The van der Waals surface area contributed by atoms with Crippen LogP contribution in [0, 0.1) is 12.8 Å². The summed E-state index contributed by atoms with van der Waals surface area (Å²) in [4.78, 5) is 0. The van der Waals surface area contributed by atoms with Crippen LogP contribution in [0.3, 0.4) is 0 Å². The van der Waals surface area contributed by atoms with Crippen LogP contribution in [0.4, 0.5) is 0 Å². The van der Waals surface area contributed by atoms with Crippen molar-refractivity contribution in [2.45, 2.75) is 32.7 Å². The van der Waals surface area contributed by atoms with Gasteiger partial charge in [-0.3, -0.25) is 0 Å². The highest BCUT2D eigenvalue weighted by molar-refractivity contribution is 5.14. The Bertz CT molecular complexity index is 263. The summed E-state index contributed by atoms with van der Waals surface area (Å²) < 4.78 is 5.34. The van der Waals surface area contributed by atoms with Crippen LogP contribution in [0.2, 0.25) is 0 Å². The minimum absolute atomic E-state index is 0.884. The molecule has 72 valence electrons. The largest absolute Gasteiger partial charge is 0.468 e. The Morgan fingerprint density at radius 1 is 1.54 bits per heavy atom. The third kappa shape index (κ3) is 2.13. The SMILES string of the molecule is Cc1ccoc1CNCC1CCC1. The highest BCUT2D eigenvalue weighted by Crippen LogP contribution is 2.25. The standard InChI is InChI=1S/C11H17NO/c1-9-5-6-13-11(9)8-12-7-10-3-2-4-10/h5-6,10,12H,2-4,7-8H2,1H3. The fourth-order valence-electron chi connectivity index (χ4n) is 1.67. The molecule has 1 N–H and O–H groups in total. The topological polar surface area (TPSA) is 25.2 Å². The van der Waals surface area contributed by atoms with Crippen LogP contribution < -0.4 is 5.32 Å². The second-order valence-corrected chi connectivity index (χ2v) is 3.95. The predicted octanol–water partition coefficient (Wildman–Crippen LogP) is 2.48. The maximum absolute atomic E-state index is 5.34. The summed E-state index contributed by atoms with van der Waals surface area (Å²) in [6.07, 6.45) is 6.00. The molecule has 0 radical (unpaired) electrons. The van der Waals surface area contributed by atoms with Crippen LogP contribution in [0.15, 0.2) is 16.7 Å². The quantitative estimate of drug-likeness (QED) is 0.768. The number of furan rings is 1. The first-order chi connectivity index (χ1) is 6.36. The molecule has 0 bridgehead atoms. The average Bonchev–Trinajstić information content (AvgIpc) is 2.42. The third-order valence-corrected chi connectivity index (χ3v) is 2.91. The molecule has 1 aromatic rings. The Labute approximate surface area is 79.3 Å². The number of rotatable bonds is 4. The zero-order valence-electron chi connectivity index (χ0n) is 8.18. The summed E-state index contributed by atoms with van der Waals surface area (Å²) in [6.45, 7) is 4.12. The zero-order valence-corrected chi connectivity index (χ0v) is 8.18. The van der Waals surface area contributed by atoms with Gasteiger partial charge in [0.1, 0.15) is 5.76 Å². The molecule has 2 heteroatoms. The molecule has 1 aromatic heterocycles. The van der Waals surface area contributed by atoms with E-state index in [9.17, 15) is 0 Å². The molecular formula is C11H17NO. The molecule has 0 aromatic carbocycles. The molecule has 1 heterocycles. The van der Waals surface area contributed by atoms with Crippen LogP contribution in [0.25, 0.3) is 0 Å². The monoisotopic (exact) mass is 179 g/mol. The Kier molecular flexibility index (Phi) is 2.69. The van der Waals surface area contributed by atoms with E-state index in [1.54, 1.807) is 6.26 Å². The van der Waals surface area contributed by atoms with Gasteiger partial charge >= 0.3 is 0 Å². The average molecular weight is 179 g/mol. The van der Waals surface area contributed by atoms with Gasteiger partial charge in [0.25, 0.3) is 0 Å². The van der Waals surface area contributed by atoms with Crippen molar-refractivity contribution in [3.63, 3.8) is 0 Å². The third-order valence-electron chi connectivity index (χ3n) is 2.91. The Morgan fingerprint density at radius 3 is 2.92 bits per heavy atom. The number of nitrogens with one attached hydrogen (secondary N) is 1. The summed E-state index contributed by atoms with van der Waals surface area (Å²) in [5, 5.41) is 3.44. The molecular weight excluding hydrogens is 162 g/mol. The number of hydrogen-bond acceptors (Lipinski definition) is 2. The smallest absolute Gasteiger partial charge is 0.120 e. The van der Waals surface area contributed by atoms with Gasteiger partial charge in [-0.1, -0.05) is 6.42 Å². The predicted molar refractivity (Wildman–Crippen MR) is 52.5 cm³/mol. The fraction of sp³-hybridized carbons (Fsp3) is 0.636. The van der Waals surface area contributed by atoms with E-state index >= 15 is 0 Å². The molecule has 2 nitrogen and oxygen atoms in total. The first kappa shape index (κ1) is 8.82. The highest BCUT2D eigenvalue weighted by Gasteiger charge is 2.16. The van der Waals surface area contributed by atoms with Gasteiger partial charge in [-0.25, -0.2) is 0 Å². The molecule has 0 aliphatic heterocycles. The Morgan fingerprint density at radius 2 is 2.38 bits per heavy atom. The van der Waals surface area contributed by atoms with Gasteiger partial charge in [-0.2, -0.15) is 0 Å². The van der Waals surface area contributed by atoms with E-state index in [-0.39, 0.29) is 0 Å². The molecule has 0 atom stereocenters. The van der Waals surface area contributed by atoms with E-state index in [1.165, 1.54) is 24.8 Å². The normalized spacial score (nSPS) is 17.3. The molecule has 0 saturated heterocycles. The van der Waals surface area contributed by atoms with Crippen molar-refractivity contribution in [3.05, 3.63) is 23.7 Å². The lowest BCUT2D eigenvalue weighted by molar-refractivity contribution is 0.297. The molecule has 1 saturated carbocycles. The van der Waals surface area contributed by atoms with Gasteiger partial charge in [0.15, 0.2) is 0 Å². The molecule has 0 unspecified atom stereocenters. The van der Waals surface area contributed by atoms with Crippen LogP contribution in [0.5, 0.6) is 0 Å². The van der Waals surface area contributed by atoms with E-state index in [0.29, 0.717) is 0 Å². The summed E-state index contributed by atoms with van der Waals surface area (Å²) in [6, 6.07) is 2.01. The van der Waals surface area contributed by atoms with Gasteiger partial charge in [0.2, 0.25) is 0 Å². The highest BCUT2D eigenvalue weighted by atomic mass is 16.3. The fourth-order valence-corrected chi connectivity index (χ4v) is 1.67. The van der Waals surface area contributed by atoms with Gasteiger partial charge in [0.05, 0.1) is 12.8 Å². The van der Waals surface area contributed by atoms with Crippen molar-refractivity contribution >= 4 is 0 Å². The lowest BCUT2D eigenvalue weighted by Crippen LogP contribution is -2.26. The summed E-state index contributed by atoms with van der Waals surface area (Å²) >= 11 is 0. The minimum Gasteiger partial charge on any atom is -0.468 e. The lowest BCUT2D eigenvalue weighted by Gasteiger charge is -2.25. The molecule has 1 aliphatic carbocycles. The second-order valence-electron chi connectivity index (χ2n) is 3.95. The van der Waals surface area contributed by atoms with Gasteiger partial charge in [0, 0.05) is 0 Å². The van der Waals surface area contributed by atoms with Crippen LogP contribution in [0.1, 0.15) is 30.6 Å². The first-order valence-corrected chi connectivity index (χ1v) is 5.10. The van der Waals surface area contributed by atoms with Gasteiger partial charge in [-0.05, 0) is 43.9 Å².